The molecule has 1 atom stereocenters. The van der Waals surface area contributed by atoms with Crippen LogP contribution in [0, 0.1) is 11.5 Å². The van der Waals surface area contributed by atoms with Crippen LogP contribution in [0.3, 0.4) is 0 Å². The molecule has 8 nitrogen and oxygen atoms in total. The quantitative estimate of drug-likeness (QED) is 0.165. The summed E-state index contributed by atoms with van der Waals surface area (Å²) in [6.07, 6.45) is 2.28. The normalized spacial score (nSPS) is 11.9. The zero-order valence-corrected chi connectivity index (χ0v) is 21.0. The topological polar surface area (TPSA) is 102 Å². The summed E-state index contributed by atoms with van der Waals surface area (Å²) in [5, 5.41) is 18.5. The maximum Gasteiger partial charge on any atom is 0.245 e. The SMILES string of the molecule is CN(C)CCNC(=O)C(Cc1ccccc1)N=C(NC#N)Nc1ccc(Oc2ccc(Cl)cc2)cc1. The Morgan fingerprint density at radius 3 is 2.28 bits per heavy atom. The number of hydrogen-bond donors (Lipinski definition) is 3. The maximum atomic E-state index is 13.0. The molecule has 0 heterocycles. The first-order chi connectivity index (χ1) is 17.4. The third-order valence-electron chi connectivity index (χ3n) is 5.06. The summed E-state index contributed by atoms with van der Waals surface area (Å²) in [7, 11) is 3.88. The van der Waals surface area contributed by atoms with E-state index in [-0.39, 0.29) is 11.9 Å². The molecule has 0 aliphatic carbocycles. The second kappa shape index (κ2) is 13.7. The van der Waals surface area contributed by atoms with Gasteiger partial charge >= 0.3 is 0 Å². The van der Waals surface area contributed by atoms with E-state index in [4.69, 9.17) is 16.3 Å². The lowest BCUT2D eigenvalue weighted by atomic mass is 10.1. The molecule has 1 unspecified atom stereocenters. The monoisotopic (exact) mass is 504 g/mol. The minimum absolute atomic E-state index is 0.174. The van der Waals surface area contributed by atoms with Crippen LogP contribution in [0.2, 0.25) is 5.02 Å². The molecule has 0 radical (unpaired) electrons. The number of nitrogens with zero attached hydrogens (tertiary/aromatic N) is 3. The number of amides is 1. The van der Waals surface area contributed by atoms with Gasteiger partial charge in [-0.05, 0) is 68.2 Å². The van der Waals surface area contributed by atoms with Gasteiger partial charge in [-0.25, -0.2) is 4.99 Å². The zero-order valence-electron chi connectivity index (χ0n) is 20.2. The predicted octanol–water partition coefficient (Wildman–Crippen LogP) is 4.26. The van der Waals surface area contributed by atoms with Gasteiger partial charge in [0.25, 0.3) is 0 Å². The van der Waals surface area contributed by atoms with Gasteiger partial charge in [-0.2, -0.15) is 5.26 Å². The molecule has 0 spiro atoms. The molecule has 36 heavy (non-hydrogen) atoms. The fourth-order valence-electron chi connectivity index (χ4n) is 3.24. The van der Waals surface area contributed by atoms with E-state index in [9.17, 15) is 10.1 Å². The van der Waals surface area contributed by atoms with E-state index in [1.165, 1.54) is 0 Å². The van der Waals surface area contributed by atoms with Crippen LogP contribution in [0.4, 0.5) is 5.69 Å². The number of likely N-dealkylation sites (N-methyl/N-ethyl adjacent to an activating group) is 1. The first-order valence-corrected chi connectivity index (χ1v) is 11.8. The maximum absolute atomic E-state index is 13.0. The third-order valence-corrected chi connectivity index (χ3v) is 5.31. The van der Waals surface area contributed by atoms with E-state index < -0.39 is 6.04 Å². The summed E-state index contributed by atoms with van der Waals surface area (Å²) >= 11 is 5.92. The van der Waals surface area contributed by atoms with Crippen molar-refractivity contribution < 1.29 is 9.53 Å². The number of hydrogen-bond acceptors (Lipinski definition) is 5. The van der Waals surface area contributed by atoms with Crippen molar-refractivity contribution in [2.45, 2.75) is 12.5 Å². The summed E-state index contributed by atoms with van der Waals surface area (Å²) in [6, 6.07) is 23.2. The molecule has 0 saturated carbocycles. The molecular formula is C27H29ClN6O2. The summed E-state index contributed by atoms with van der Waals surface area (Å²) in [6.45, 7) is 1.20. The Labute approximate surface area is 216 Å². The average Bonchev–Trinajstić information content (AvgIpc) is 2.86. The lowest BCUT2D eigenvalue weighted by molar-refractivity contribution is -0.122. The van der Waals surface area contributed by atoms with Gasteiger partial charge in [0.1, 0.15) is 17.5 Å². The molecular weight excluding hydrogens is 476 g/mol. The van der Waals surface area contributed by atoms with Crippen LogP contribution in [-0.4, -0.2) is 50.0 Å². The Bertz CT molecular complexity index is 1180. The number of anilines is 1. The van der Waals surface area contributed by atoms with Crippen molar-refractivity contribution in [2.75, 3.05) is 32.5 Å². The molecule has 0 aromatic heterocycles. The Morgan fingerprint density at radius 1 is 1.03 bits per heavy atom. The highest BCUT2D eigenvalue weighted by atomic mass is 35.5. The van der Waals surface area contributed by atoms with Gasteiger partial charge in [0, 0.05) is 30.2 Å². The fraction of sp³-hybridized carbons (Fsp3) is 0.222. The van der Waals surface area contributed by atoms with Crippen molar-refractivity contribution in [3.63, 3.8) is 0 Å². The van der Waals surface area contributed by atoms with Gasteiger partial charge in [0.2, 0.25) is 11.9 Å². The minimum Gasteiger partial charge on any atom is -0.457 e. The van der Waals surface area contributed by atoms with Crippen LogP contribution in [0.25, 0.3) is 0 Å². The van der Waals surface area contributed by atoms with Gasteiger partial charge in [0.15, 0.2) is 6.19 Å². The summed E-state index contributed by atoms with van der Waals surface area (Å²) in [5.74, 6) is 1.26. The number of benzene rings is 3. The van der Waals surface area contributed by atoms with Crippen LogP contribution < -0.4 is 20.7 Å². The zero-order chi connectivity index (χ0) is 25.8. The van der Waals surface area contributed by atoms with E-state index in [1.54, 1.807) is 48.5 Å². The Morgan fingerprint density at radius 2 is 1.67 bits per heavy atom. The van der Waals surface area contributed by atoms with Crippen molar-refractivity contribution in [3.05, 3.63) is 89.4 Å². The third kappa shape index (κ3) is 8.95. The molecule has 3 rings (SSSR count). The summed E-state index contributed by atoms with van der Waals surface area (Å²) in [5.41, 5.74) is 1.64. The Balaban J connectivity index is 1.74. The number of guanidine groups is 1. The molecule has 0 aliphatic rings. The van der Waals surface area contributed by atoms with E-state index in [0.717, 1.165) is 5.56 Å². The molecule has 9 heteroatoms. The van der Waals surface area contributed by atoms with E-state index in [2.05, 4.69) is 20.9 Å². The molecule has 3 N–H and O–H groups in total. The van der Waals surface area contributed by atoms with Crippen molar-refractivity contribution in [3.8, 4) is 17.7 Å². The van der Waals surface area contributed by atoms with E-state index >= 15 is 0 Å². The van der Waals surface area contributed by atoms with Gasteiger partial charge in [-0.15, -0.1) is 0 Å². The second-order valence-electron chi connectivity index (χ2n) is 8.22. The number of nitrogens with one attached hydrogen (secondary N) is 3. The summed E-state index contributed by atoms with van der Waals surface area (Å²) in [4.78, 5) is 19.5. The molecule has 0 saturated heterocycles. The Kier molecular flexibility index (Phi) is 10.1. The molecule has 0 bridgehead atoms. The number of rotatable bonds is 10. The summed E-state index contributed by atoms with van der Waals surface area (Å²) < 4.78 is 5.82. The van der Waals surface area contributed by atoms with Crippen molar-refractivity contribution in [1.82, 2.24) is 15.5 Å². The molecule has 0 aliphatic heterocycles. The highest BCUT2D eigenvalue weighted by Crippen LogP contribution is 2.24. The largest absolute Gasteiger partial charge is 0.457 e. The first kappa shape index (κ1) is 26.5. The van der Waals surface area contributed by atoms with Crippen molar-refractivity contribution in [1.29, 1.82) is 5.26 Å². The molecule has 3 aromatic rings. The molecule has 3 aromatic carbocycles. The smallest absolute Gasteiger partial charge is 0.245 e. The van der Waals surface area contributed by atoms with Crippen LogP contribution in [-0.2, 0) is 11.2 Å². The standard InChI is InChI=1S/C27H29ClN6O2/c1-34(2)17-16-30-26(35)25(18-20-6-4-3-5-7-20)33-27(31-19-29)32-22-10-14-24(15-11-22)36-23-12-8-21(28)9-13-23/h3-15,25H,16-18H2,1-2H3,(H,30,35)(H2,31,32,33). The van der Waals surface area contributed by atoms with Gasteiger partial charge in [-0.1, -0.05) is 41.9 Å². The van der Waals surface area contributed by atoms with Crippen LogP contribution in [0.5, 0.6) is 11.5 Å². The number of carbonyl (C=O) groups excluding carboxylic acids is 1. The predicted molar refractivity (Wildman–Crippen MR) is 143 cm³/mol. The van der Waals surface area contributed by atoms with Gasteiger partial charge < -0.3 is 20.3 Å². The van der Waals surface area contributed by atoms with Crippen LogP contribution >= 0.6 is 11.6 Å². The van der Waals surface area contributed by atoms with E-state index in [0.29, 0.717) is 41.7 Å². The van der Waals surface area contributed by atoms with Crippen molar-refractivity contribution in [2.24, 2.45) is 4.99 Å². The number of carbonyl (C=O) groups is 1. The van der Waals surface area contributed by atoms with E-state index in [1.807, 2.05) is 55.5 Å². The van der Waals surface area contributed by atoms with Crippen LogP contribution in [0.15, 0.2) is 83.9 Å². The van der Waals surface area contributed by atoms with Gasteiger partial charge in [-0.3, -0.25) is 10.1 Å². The number of nitriles is 1. The Hall–Kier alpha value is -4.06. The molecule has 186 valence electrons. The average molecular weight is 505 g/mol. The number of aliphatic imine (C=N–C) groups is 1. The number of ether oxygens (including phenoxy) is 1. The first-order valence-electron chi connectivity index (χ1n) is 11.4. The van der Waals surface area contributed by atoms with Crippen LogP contribution in [0.1, 0.15) is 5.56 Å². The highest BCUT2D eigenvalue weighted by Gasteiger charge is 2.19. The highest BCUT2D eigenvalue weighted by molar-refractivity contribution is 6.30. The van der Waals surface area contributed by atoms with Gasteiger partial charge in [0.05, 0.1) is 0 Å². The molecule has 1 amide bonds. The lowest BCUT2D eigenvalue weighted by Crippen LogP contribution is -2.40. The fourth-order valence-corrected chi connectivity index (χ4v) is 3.37. The lowest BCUT2D eigenvalue weighted by Gasteiger charge is -2.17. The molecule has 0 fully saturated rings. The van der Waals surface area contributed by atoms with Crippen molar-refractivity contribution >= 4 is 29.2 Å². The second-order valence-corrected chi connectivity index (χ2v) is 8.66. The number of halogens is 1. The minimum atomic E-state index is -0.731.